The highest BCUT2D eigenvalue weighted by Gasteiger charge is 2.31. The van der Waals surface area contributed by atoms with Crippen LogP contribution in [0.25, 0.3) is 0 Å². The van der Waals surface area contributed by atoms with Crippen molar-refractivity contribution in [3.63, 3.8) is 0 Å². The lowest BCUT2D eigenvalue weighted by atomic mass is 9.95. The van der Waals surface area contributed by atoms with E-state index in [9.17, 15) is 39.2 Å². The summed E-state index contributed by atoms with van der Waals surface area (Å²) in [4.78, 5) is 76.8. The monoisotopic (exact) mass is 852 g/mol. The van der Waals surface area contributed by atoms with Gasteiger partial charge >= 0.3 is 6.09 Å². The first-order valence-electron chi connectivity index (χ1n) is 19.2. The second-order valence-electron chi connectivity index (χ2n) is 14.0. The molecule has 20 heteroatoms. The number of rotatable bonds is 23. The first kappa shape index (κ1) is 47.9. The molecule has 19 nitrogen and oxygen atoms in total. The third kappa shape index (κ3) is 16.8. The summed E-state index contributed by atoms with van der Waals surface area (Å²) in [5.41, 5.74) is 20.6. The fourth-order valence-corrected chi connectivity index (χ4v) is 6.33. The predicted octanol–water partition coefficient (Wildman–Crippen LogP) is 1.69. The van der Waals surface area contributed by atoms with E-state index in [0.717, 1.165) is 5.56 Å². The number of nitrogens with zero attached hydrogens (tertiary/aromatic N) is 2. The van der Waals surface area contributed by atoms with Gasteiger partial charge in [0.25, 0.3) is 5.96 Å². The van der Waals surface area contributed by atoms with Gasteiger partial charge in [0.2, 0.25) is 23.6 Å². The SMILES string of the molecule is Cc1cc(O)cc(C)c1C[C@H](NC(=O)C(N)CCCN/C(N)=N\[N+](=O)[O-])C(=O)N[C@@H](CCCCNC(=O)OCc1ccccc1Cl)C(=O)N[C@@H](Cc1ccccc1)C(N)=O. The number of primary amides is 1. The van der Waals surface area contributed by atoms with Gasteiger partial charge in [0.15, 0.2) is 5.03 Å². The van der Waals surface area contributed by atoms with Crippen LogP contribution in [0.1, 0.15) is 59.9 Å². The summed E-state index contributed by atoms with van der Waals surface area (Å²) in [6.45, 7) is 3.72. The number of phenolic OH excluding ortho intramolecular Hbond substituents is 1. The molecular formula is C40H53ClN10O9. The van der Waals surface area contributed by atoms with E-state index in [0.29, 0.717) is 40.1 Å². The number of nitrogens with two attached hydrogens (primary N) is 3. The van der Waals surface area contributed by atoms with Crippen molar-refractivity contribution in [3.05, 3.63) is 110 Å². The summed E-state index contributed by atoms with van der Waals surface area (Å²) in [7, 11) is 0. The molecule has 0 heterocycles. The Labute approximate surface area is 352 Å². The number of amides is 5. The molecule has 0 saturated carbocycles. The largest absolute Gasteiger partial charge is 0.508 e. The standard InChI is InChI=1S/C40H53ClN10O9/c1-24-19-28(52)20-25(2)29(24)22-34(49-36(54)31(42)15-10-18-45-39(44)50-51(58)59)38(56)47-32(37(55)48-33(35(43)53)21-26-11-4-3-5-12-26)16-8-9-17-46-40(57)60-23-27-13-6-7-14-30(27)41/h3-7,11-14,19-20,31-34,52H,8-10,15-18,21-23,42H2,1-2H3,(H2,43,53)(H,46,57)(H,47,56)(H,48,55)(H,49,54)(H3,44,45,50)/t31?,32-,33-,34-/m0/s1. The Bertz CT molecular complexity index is 1960. The van der Waals surface area contributed by atoms with Crippen molar-refractivity contribution in [3.8, 4) is 5.75 Å². The van der Waals surface area contributed by atoms with Crippen LogP contribution < -0.4 is 43.8 Å². The fraction of sp³-hybridized carbons (Fsp3) is 0.400. The van der Waals surface area contributed by atoms with Crippen LogP contribution in [-0.2, 0) is 43.4 Å². The number of alkyl carbamates (subject to hydrolysis) is 1. The highest BCUT2D eigenvalue weighted by Crippen LogP contribution is 2.22. The number of phenols is 1. The zero-order valence-electron chi connectivity index (χ0n) is 33.4. The molecule has 0 saturated heterocycles. The minimum absolute atomic E-state index is 0.0119. The summed E-state index contributed by atoms with van der Waals surface area (Å²) in [5, 5.41) is 36.4. The van der Waals surface area contributed by atoms with E-state index in [-0.39, 0.29) is 57.6 Å². The van der Waals surface area contributed by atoms with Crippen LogP contribution >= 0.6 is 11.6 Å². The van der Waals surface area contributed by atoms with Gasteiger partial charge in [-0.25, -0.2) is 14.9 Å². The minimum atomic E-state index is -1.27. The maximum Gasteiger partial charge on any atom is 0.407 e. The van der Waals surface area contributed by atoms with E-state index < -0.39 is 64.9 Å². The van der Waals surface area contributed by atoms with Crippen molar-refractivity contribution < 1.29 is 38.8 Å². The first-order chi connectivity index (χ1) is 28.5. The molecule has 0 bridgehead atoms. The predicted molar refractivity (Wildman–Crippen MR) is 224 cm³/mol. The fourth-order valence-electron chi connectivity index (χ4n) is 6.14. The number of unbranched alkanes of at least 4 members (excludes halogenated alkanes) is 1. The average Bonchev–Trinajstić information content (AvgIpc) is 3.19. The van der Waals surface area contributed by atoms with Gasteiger partial charge in [-0.2, -0.15) is 0 Å². The summed E-state index contributed by atoms with van der Waals surface area (Å²) in [6.07, 6.45) is 0.443. The van der Waals surface area contributed by atoms with Gasteiger partial charge in [0.1, 0.15) is 35.6 Å². The van der Waals surface area contributed by atoms with Crippen LogP contribution in [0.2, 0.25) is 5.02 Å². The molecule has 0 fully saturated rings. The molecule has 12 N–H and O–H groups in total. The maximum atomic E-state index is 14.2. The quantitative estimate of drug-likeness (QED) is 0.0217. The number of aromatic hydroxyl groups is 1. The van der Waals surface area contributed by atoms with Gasteiger partial charge < -0.3 is 53.6 Å². The molecule has 3 aromatic rings. The number of nitro groups is 1. The van der Waals surface area contributed by atoms with Gasteiger partial charge in [0.05, 0.1) is 6.04 Å². The Morgan fingerprint density at radius 3 is 2.05 bits per heavy atom. The number of hydrogen-bond acceptors (Lipinski definition) is 10. The van der Waals surface area contributed by atoms with E-state index in [4.69, 9.17) is 33.5 Å². The number of hydrazone groups is 1. The number of aryl methyl sites for hydroxylation is 2. The highest BCUT2D eigenvalue weighted by atomic mass is 35.5. The zero-order chi connectivity index (χ0) is 44.2. The Morgan fingerprint density at radius 1 is 0.800 bits per heavy atom. The van der Waals surface area contributed by atoms with Crippen molar-refractivity contribution in [1.29, 1.82) is 0 Å². The van der Waals surface area contributed by atoms with Crippen molar-refractivity contribution >= 4 is 47.3 Å². The zero-order valence-corrected chi connectivity index (χ0v) is 34.2. The minimum Gasteiger partial charge on any atom is -0.508 e. The lowest BCUT2D eigenvalue weighted by Gasteiger charge is -2.26. The molecule has 0 aliphatic heterocycles. The second-order valence-corrected chi connectivity index (χ2v) is 14.4. The van der Waals surface area contributed by atoms with Crippen molar-refractivity contribution in [2.24, 2.45) is 22.3 Å². The normalized spacial score (nSPS) is 13.2. The third-order valence-corrected chi connectivity index (χ3v) is 9.70. The topological polar surface area (TPSA) is 309 Å². The molecule has 0 spiro atoms. The first-order valence-corrected chi connectivity index (χ1v) is 19.6. The summed E-state index contributed by atoms with van der Waals surface area (Å²) < 4.78 is 5.25. The van der Waals surface area contributed by atoms with Crippen molar-refractivity contribution in [2.45, 2.75) is 89.6 Å². The Kier molecular flexibility index (Phi) is 19.5. The number of carbonyl (C=O) groups is 5. The number of hydrogen-bond donors (Lipinski definition) is 9. The van der Waals surface area contributed by atoms with E-state index in [1.807, 2.05) is 0 Å². The smallest absolute Gasteiger partial charge is 0.407 e. The van der Waals surface area contributed by atoms with Crippen LogP contribution in [0.4, 0.5) is 4.79 Å². The van der Waals surface area contributed by atoms with E-state index >= 15 is 0 Å². The molecule has 0 aromatic heterocycles. The Morgan fingerprint density at radius 2 is 1.40 bits per heavy atom. The Balaban J connectivity index is 1.77. The number of benzene rings is 3. The number of halogens is 1. The summed E-state index contributed by atoms with van der Waals surface area (Å²) in [6, 6.07) is 14.1. The van der Waals surface area contributed by atoms with Crippen LogP contribution in [0.3, 0.4) is 0 Å². The van der Waals surface area contributed by atoms with E-state index in [2.05, 4.69) is 31.7 Å². The summed E-state index contributed by atoms with van der Waals surface area (Å²) >= 11 is 6.13. The van der Waals surface area contributed by atoms with Crippen molar-refractivity contribution in [2.75, 3.05) is 13.1 Å². The molecule has 5 amide bonds. The van der Waals surface area contributed by atoms with Crippen LogP contribution in [0, 0.1) is 24.0 Å². The molecule has 3 rings (SSSR count). The van der Waals surface area contributed by atoms with E-state index in [1.54, 1.807) is 68.4 Å². The van der Waals surface area contributed by atoms with Gasteiger partial charge in [0, 0.05) is 36.5 Å². The molecule has 0 radical (unpaired) electrons. The molecule has 0 aliphatic rings. The maximum absolute atomic E-state index is 14.2. The lowest BCUT2D eigenvalue weighted by molar-refractivity contribution is -0.485. The van der Waals surface area contributed by atoms with Gasteiger partial charge in [-0.1, -0.05) is 60.1 Å². The lowest BCUT2D eigenvalue weighted by Crippen LogP contribution is -2.58. The van der Waals surface area contributed by atoms with Gasteiger partial charge in [-0.15, -0.1) is 0 Å². The molecule has 1 unspecified atom stereocenters. The van der Waals surface area contributed by atoms with Crippen LogP contribution in [0.5, 0.6) is 5.75 Å². The van der Waals surface area contributed by atoms with Crippen molar-refractivity contribution in [1.82, 2.24) is 26.6 Å². The second kappa shape index (κ2) is 24.5. The molecule has 0 aliphatic carbocycles. The third-order valence-electron chi connectivity index (χ3n) is 9.33. The molecule has 4 atom stereocenters. The number of nitrogens with one attached hydrogen (secondary N) is 5. The van der Waals surface area contributed by atoms with Crippen LogP contribution in [-0.4, -0.2) is 83.1 Å². The van der Waals surface area contributed by atoms with E-state index in [1.165, 1.54) is 12.1 Å². The molecule has 324 valence electrons. The highest BCUT2D eigenvalue weighted by molar-refractivity contribution is 6.31. The number of ether oxygens (including phenoxy) is 1. The summed E-state index contributed by atoms with van der Waals surface area (Å²) in [5.74, 6) is -3.34. The number of guanidine groups is 1. The molecule has 3 aromatic carbocycles. The Hall–Kier alpha value is -6.47. The van der Waals surface area contributed by atoms with Gasteiger partial charge in [-0.05, 0) is 86.4 Å². The average molecular weight is 853 g/mol. The van der Waals surface area contributed by atoms with Gasteiger partial charge in [-0.3, -0.25) is 19.2 Å². The van der Waals surface area contributed by atoms with Crippen LogP contribution in [0.15, 0.2) is 71.8 Å². The molecule has 60 heavy (non-hydrogen) atoms. The molecular weight excluding hydrogens is 800 g/mol. The number of carbonyl (C=O) groups excluding carboxylic acids is 5.